The summed E-state index contributed by atoms with van der Waals surface area (Å²) < 4.78 is 10.3. The summed E-state index contributed by atoms with van der Waals surface area (Å²) in [4.78, 5) is 23.1. The first-order valence-corrected chi connectivity index (χ1v) is 6.39. The highest BCUT2D eigenvalue weighted by Gasteiger charge is 2.23. The number of hydrogen-bond acceptors (Lipinski definition) is 4. The van der Waals surface area contributed by atoms with Gasteiger partial charge in [-0.2, -0.15) is 0 Å². The topological polar surface area (TPSA) is 64.6 Å². The Kier molecular flexibility index (Phi) is 6.73. The number of rotatable bonds is 5. The third-order valence-electron chi connectivity index (χ3n) is 2.28. The smallest absolute Gasteiger partial charge is 0.408 e. The highest BCUT2D eigenvalue weighted by Crippen LogP contribution is 2.08. The second-order valence-corrected chi connectivity index (χ2v) is 5.24. The monoisotopic (exact) mass is 259 g/mol. The number of hydrogen-bond donors (Lipinski definition) is 1. The van der Waals surface area contributed by atoms with Gasteiger partial charge in [-0.3, -0.25) is 0 Å². The lowest BCUT2D eigenvalue weighted by atomic mass is 10.2. The molecule has 1 atom stereocenters. The number of alkyl carbamates (subject to hydrolysis) is 1. The van der Waals surface area contributed by atoms with E-state index >= 15 is 0 Å². The minimum Gasteiger partial charge on any atom is -0.461 e. The van der Waals surface area contributed by atoms with E-state index in [0.717, 1.165) is 12.8 Å². The molecule has 0 spiro atoms. The van der Waals surface area contributed by atoms with Gasteiger partial charge in [-0.05, 0) is 40.5 Å². The maximum atomic E-state index is 11.7. The molecule has 5 nitrogen and oxygen atoms in total. The van der Waals surface area contributed by atoms with Crippen LogP contribution in [0.15, 0.2) is 0 Å². The van der Waals surface area contributed by atoms with Gasteiger partial charge in [0.25, 0.3) is 0 Å². The summed E-state index contributed by atoms with van der Waals surface area (Å²) in [5.41, 5.74) is -0.580. The van der Waals surface area contributed by atoms with Crippen LogP contribution in [-0.4, -0.2) is 29.8 Å². The largest absolute Gasteiger partial charge is 0.461 e. The van der Waals surface area contributed by atoms with Crippen LogP contribution in [0.1, 0.15) is 54.4 Å². The van der Waals surface area contributed by atoms with Crippen LogP contribution < -0.4 is 5.32 Å². The van der Waals surface area contributed by atoms with E-state index in [1.807, 2.05) is 13.8 Å². The molecule has 0 radical (unpaired) electrons. The molecule has 0 aromatic heterocycles. The van der Waals surface area contributed by atoms with Gasteiger partial charge in [0, 0.05) is 0 Å². The van der Waals surface area contributed by atoms with E-state index in [-0.39, 0.29) is 6.10 Å². The summed E-state index contributed by atoms with van der Waals surface area (Å²) in [7, 11) is 0. The number of carbonyl (C=O) groups excluding carboxylic acids is 2. The minimum atomic E-state index is -0.708. The van der Waals surface area contributed by atoms with E-state index in [1.54, 1.807) is 27.7 Å². The molecule has 0 aliphatic carbocycles. The van der Waals surface area contributed by atoms with Crippen LogP contribution in [0.4, 0.5) is 4.79 Å². The molecule has 1 amide bonds. The quantitative estimate of drug-likeness (QED) is 0.771. The fourth-order valence-electron chi connectivity index (χ4n) is 1.26. The molecule has 0 saturated carbocycles. The van der Waals surface area contributed by atoms with Crippen LogP contribution in [-0.2, 0) is 14.3 Å². The Morgan fingerprint density at radius 2 is 1.67 bits per heavy atom. The van der Waals surface area contributed by atoms with E-state index in [0.29, 0.717) is 0 Å². The van der Waals surface area contributed by atoms with Gasteiger partial charge < -0.3 is 14.8 Å². The molecular formula is C13H25NO4. The van der Waals surface area contributed by atoms with E-state index in [4.69, 9.17) is 9.47 Å². The predicted molar refractivity (Wildman–Crippen MR) is 69.3 cm³/mol. The Labute approximate surface area is 109 Å². The summed E-state index contributed by atoms with van der Waals surface area (Å²) in [5.74, 6) is -0.436. The van der Waals surface area contributed by atoms with Gasteiger partial charge in [-0.1, -0.05) is 13.8 Å². The molecule has 0 saturated heterocycles. The Balaban J connectivity index is 4.19. The molecule has 5 heteroatoms. The van der Waals surface area contributed by atoms with Gasteiger partial charge in [-0.15, -0.1) is 0 Å². The fourth-order valence-corrected chi connectivity index (χ4v) is 1.26. The van der Waals surface area contributed by atoms with E-state index in [2.05, 4.69) is 5.32 Å². The van der Waals surface area contributed by atoms with Gasteiger partial charge in [0.1, 0.15) is 17.7 Å². The molecule has 0 aromatic rings. The highest BCUT2D eigenvalue weighted by molar-refractivity contribution is 5.81. The molecule has 0 aromatic carbocycles. The first-order chi connectivity index (χ1) is 8.19. The van der Waals surface area contributed by atoms with Crippen LogP contribution in [0.25, 0.3) is 0 Å². The Morgan fingerprint density at radius 1 is 1.17 bits per heavy atom. The fraction of sp³-hybridized carbons (Fsp3) is 0.846. The van der Waals surface area contributed by atoms with Gasteiger partial charge in [0.15, 0.2) is 0 Å². The van der Waals surface area contributed by atoms with Gasteiger partial charge in [0.2, 0.25) is 0 Å². The van der Waals surface area contributed by atoms with Crippen LogP contribution in [0.2, 0.25) is 0 Å². The normalized spacial score (nSPS) is 13.1. The zero-order valence-corrected chi connectivity index (χ0v) is 12.2. The van der Waals surface area contributed by atoms with Crippen molar-refractivity contribution in [3.05, 3.63) is 0 Å². The van der Waals surface area contributed by atoms with E-state index in [1.165, 1.54) is 0 Å². The third-order valence-corrected chi connectivity index (χ3v) is 2.28. The number of amides is 1. The van der Waals surface area contributed by atoms with Crippen molar-refractivity contribution in [1.29, 1.82) is 0 Å². The van der Waals surface area contributed by atoms with Crippen molar-refractivity contribution in [2.24, 2.45) is 0 Å². The first kappa shape index (κ1) is 16.7. The SMILES string of the molecule is CCC(CC)OC(=O)[C@H](C)NC(=O)OC(C)(C)C. The van der Waals surface area contributed by atoms with Crippen LogP contribution in [0.3, 0.4) is 0 Å². The summed E-state index contributed by atoms with van der Waals surface area (Å²) in [6.07, 6.45) is 0.819. The molecule has 0 rings (SSSR count). The van der Waals surface area contributed by atoms with Crippen molar-refractivity contribution in [1.82, 2.24) is 5.32 Å². The van der Waals surface area contributed by atoms with E-state index < -0.39 is 23.7 Å². The van der Waals surface area contributed by atoms with Crippen LogP contribution >= 0.6 is 0 Å². The van der Waals surface area contributed by atoms with Crippen molar-refractivity contribution >= 4 is 12.1 Å². The zero-order chi connectivity index (χ0) is 14.3. The maximum Gasteiger partial charge on any atom is 0.408 e. The van der Waals surface area contributed by atoms with Crippen molar-refractivity contribution in [3.63, 3.8) is 0 Å². The molecule has 0 aliphatic rings. The Bertz CT molecular complexity index is 279. The molecule has 1 N–H and O–H groups in total. The maximum absolute atomic E-state index is 11.7. The summed E-state index contributed by atoms with van der Waals surface area (Å²) >= 11 is 0. The molecule has 106 valence electrons. The Hall–Kier alpha value is -1.26. The molecular weight excluding hydrogens is 234 g/mol. The summed E-state index contributed by atoms with van der Waals surface area (Å²) in [6, 6.07) is -0.708. The molecule has 0 fully saturated rings. The second-order valence-electron chi connectivity index (χ2n) is 5.24. The van der Waals surface area contributed by atoms with Gasteiger partial charge in [-0.25, -0.2) is 9.59 Å². The lowest BCUT2D eigenvalue weighted by Crippen LogP contribution is -2.43. The summed E-state index contributed by atoms with van der Waals surface area (Å²) in [5, 5.41) is 2.45. The van der Waals surface area contributed by atoms with Crippen molar-refractivity contribution in [2.45, 2.75) is 72.1 Å². The standard InChI is InChI=1S/C13H25NO4/c1-7-10(8-2)17-11(15)9(3)14-12(16)18-13(4,5)6/h9-10H,7-8H2,1-6H3,(H,14,16)/t9-/m0/s1. The molecule has 0 bridgehead atoms. The zero-order valence-electron chi connectivity index (χ0n) is 12.2. The summed E-state index contributed by atoms with van der Waals surface area (Å²) in [6.45, 7) is 10.8. The molecule has 0 heterocycles. The molecule has 18 heavy (non-hydrogen) atoms. The number of nitrogens with one attached hydrogen (secondary N) is 1. The number of esters is 1. The minimum absolute atomic E-state index is 0.0969. The van der Waals surface area contributed by atoms with Crippen LogP contribution in [0.5, 0.6) is 0 Å². The van der Waals surface area contributed by atoms with Gasteiger partial charge in [0.05, 0.1) is 0 Å². The van der Waals surface area contributed by atoms with Crippen LogP contribution in [0, 0.1) is 0 Å². The van der Waals surface area contributed by atoms with E-state index in [9.17, 15) is 9.59 Å². The van der Waals surface area contributed by atoms with Crippen molar-refractivity contribution in [2.75, 3.05) is 0 Å². The lowest BCUT2D eigenvalue weighted by molar-refractivity contribution is -0.151. The number of carbonyl (C=O) groups is 2. The first-order valence-electron chi connectivity index (χ1n) is 6.39. The number of ether oxygens (including phenoxy) is 2. The van der Waals surface area contributed by atoms with Crippen molar-refractivity contribution < 1.29 is 19.1 Å². The molecule has 0 aliphatic heterocycles. The Morgan fingerprint density at radius 3 is 2.06 bits per heavy atom. The average Bonchev–Trinajstić information content (AvgIpc) is 2.22. The highest BCUT2D eigenvalue weighted by atomic mass is 16.6. The predicted octanol–water partition coefficient (Wildman–Crippen LogP) is 2.63. The third kappa shape index (κ3) is 7.14. The lowest BCUT2D eigenvalue weighted by Gasteiger charge is -2.22. The second kappa shape index (κ2) is 7.24. The van der Waals surface area contributed by atoms with Gasteiger partial charge >= 0.3 is 12.1 Å². The molecule has 0 unspecified atom stereocenters. The van der Waals surface area contributed by atoms with Crippen molar-refractivity contribution in [3.8, 4) is 0 Å². The average molecular weight is 259 g/mol.